The van der Waals surface area contributed by atoms with Crippen LogP contribution in [0.2, 0.25) is 0 Å². The van der Waals surface area contributed by atoms with Gasteiger partial charge in [0, 0.05) is 22.5 Å². The topological polar surface area (TPSA) is 15.7 Å². The van der Waals surface area contributed by atoms with Crippen LogP contribution < -0.4 is 14.5 Å². The van der Waals surface area contributed by atoms with Crippen LogP contribution in [-0.2, 0) is 5.41 Å². The third-order valence-electron chi connectivity index (χ3n) is 9.82. The summed E-state index contributed by atoms with van der Waals surface area (Å²) >= 11 is 0. The Morgan fingerprint density at radius 2 is 0.938 bits per heavy atom. The summed E-state index contributed by atoms with van der Waals surface area (Å²) in [6.45, 7) is 4.65. The summed E-state index contributed by atoms with van der Waals surface area (Å²) in [5.41, 5.74) is 13.9. The first-order valence-corrected chi connectivity index (χ1v) is 16.5. The summed E-state index contributed by atoms with van der Waals surface area (Å²) in [6, 6.07) is 60.5. The molecule has 48 heavy (non-hydrogen) atoms. The van der Waals surface area contributed by atoms with Gasteiger partial charge in [0.25, 0.3) is 0 Å². The molecule has 2 aliphatic rings. The van der Waals surface area contributed by atoms with Crippen LogP contribution in [-0.4, -0.2) is 0 Å². The first-order valence-electron chi connectivity index (χ1n) is 16.5. The maximum absolute atomic E-state index is 6.64. The Balaban J connectivity index is 1.07. The van der Waals surface area contributed by atoms with Crippen molar-refractivity contribution in [3.05, 3.63) is 181 Å². The van der Waals surface area contributed by atoms with E-state index < -0.39 is 0 Å². The zero-order chi connectivity index (χ0) is 32.2. The molecule has 0 aromatic heterocycles. The minimum absolute atomic E-state index is 0.197. The van der Waals surface area contributed by atoms with Crippen LogP contribution in [0.4, 0.5) is 34.1 Å². The molecule has 0 atom stereocenters. The molecule has 0 saturated heterocycles. The van der Waals surface area contributed by atoms with Gasteiger partial charge in [0.15, 0.2) is 11.5 Å². The Bertz CT molecular complexity index is 2230. The highest BCUT2D eigenvalue weighted by Crippen LogP contribution is 2.60. The molecule has 0 aliphatic carbocycles. The fraction of sp³-hybridized carbons (Fsp3) is 0.0667. The second kappa shape index (κ2) is 11.0. The Morgan fingerprint density at radius 3 is 1.58 bits per heavy atom. The molecule has 7 aromatic rings. The van der Waals surface area contributed by atoms with E-state index >= 15 is 0 Å². The summed E-state index contributed by atoms with van der Waals surface area (Å²) in [5.74, 6) is 1.77. The third kappa shape index (κ3) is 4.51. The van der Waals surface area contributed by atoms with Gasteiger partial charge >= 0.3 is 0 Å². The predicted molar refractivity (Wildman–Crippen MR) is 199 cm³/mol. The number of benzene rings is 7. The molecule has 0 radical (unpaired) electrons. The minimum atomic E-state index is -0.197. The van der Waals surface area contributed by atoms with E-state index in [1.807, 2.05) is 6.07 Å². The van der Waals surface area contributed by atoms with Crippen molar-refractivity contribution in [3.63, 3.8) is 0 Å². The van der Waals surface area contributed by atoms with E-state index in [9.17, 15) is 0 Å². The quantitative estimate of drug-likeness (QED) is 0.191. The van der Waals surface area contributed by atoms with E-state index in [-0.39, 0.29) is 5.41 Å². The van der Waals surface area contributed by atoms with E-state index in [0.29, 0.717) is 0 Å². The SMILES string of the molecule is CC1(C)c2ccccc2N2c3ccccc3Oc3cc(-c4ccc(-c5ccc(N(c6ccccc6)c6ccccc6)cc5)cc4)cc1c32. The fourth-order valence-electron chi connectivity index (χ4n) is 7.38. The van der Waals surface area contributed by atoms with Crippen molar-refractivity contribution in [2.24, 2.45) is 0 Å². The van der Waals surface area contributed by atoms with E-state index in [1.54, 1.807) is 0 Å². The van der Waals surface area contributed by atoms with Gasteiger partial charge in [-0.15, -0.1) is 0 Å². The second-order valence-electron chi connectivity index (χ2n) is 13.0. The van der Waals surface area contributed by atoms with E-state index in [4.69, 9.17) is 4.74 Å². The lowest BCUT2D eigenvalue weighted by molar-refractivity contribution is 0.471. The maximum atomic E-state index is 6.64. The van der Waals surface area contributed by atoms with Crippen LogP contribution in [0.3, 0.4) is 0 Å². The molecular weight excluding hydrogens is 585 g/mol. The summed E-state index contributed by atoms with van der Waals surface area (Å²) in [4.78, 5) is 4.67. The molecule has 0 amide bonds. The molecule has 0 saturated carbocycles. The third-order valence-corrected chi connectivity index (χ3v) is 9.82. The fourth-order valence-corrected chi connectivity index (χ4v) is 7.38. The molecule has 0 spiro atoms. The Morgan fingerprint density at radius 1 is 0.438 bits per heavy atom. The molecule has 7 aromatic carbocycles. The van der Waals surface area contributed by atoms with Gasteiger partial charge in [-0.2, -0.15) is 0 Å². The van der Waals surface area contributed by atoms with Crippen LogP contribution in [0, 0.1) is 0 Å². The minimum Gasteiger partial charge on any atom is -0.453 e. The summed E-state index contributed by atoms with van der Waals surface area (Å²) < 4.78 is 6.64. The highest BCUT2D eigenvalue weighted by Gasteiger charge is 2.41. The van der Waals surface area contributed by atoms with Crippen LogP contribution in [0.25, 0.3) is 22.3 Å². The standard InChI is InChI=1S/C45H34N2O/c1-45(2)38-17-9-10-18-40(38)47-41-19-11-12-20-42(41)48-43-30-34(29-39(45)44(43)47)33-23-21-31(22-24-33)32-25-27-37(28-26-32)46(35-13-5-3-6-14-35)36-15-7-4-8-16-36/h3-30H,1-2H3. The lowest BCUT2D eigenvalue weighted by Crippen LogP contribution is -2.32. The highest BCUT2D eigenvalue weighted by atomic mass is 16.5. The molecule has 0 unspecified atom stereocenters. The smallest absolute Gasteiger partial charge is 0.152 e. The van der Waals surface area contributed by atoms with Crippen molar-refractivity contribution in [2.45, 2.75) is 19.3 Å². The van der Waals surface area contributed by atoms with Crippen molar-refractivity contribution in [2.75, 3.05) is 9.80 Å². The van der Waals surface area contributed by atoms with Crippen LogP contribution in [0.15, 0.2) is 170 Å². The normalized spacial score (nSPS) is 13.5. The Labute approximate surface area is 281 Å². The number of para-hydroxylation sites is 5. The molecule has 9 rings (SSSR count). The van der Waals surface area contributed by atoms with Crippen molar-refractivity contribution in [1.29, 1.82) is 0 Å². The van der Waals surface area contributed by atoms with Crippen molar-refractivity contribution >= 4 is 34.1 Å². The van der Waals surface area contributed by atoms with Crippen molar-refractivity contribution < 1.29 is 4.74 Å². The number of ether oxygens (including phenoxy) is 1. The van der Waals surface area contributed by atoms with E-state index in [1.165, 1.54) is 27.9 Å². The lowest BCUT2D eigenvalue weighted by atomic mass is 9.72. The molecule has 2 aliphatic heterocycles. The molecule has 2 heterocycles. The zero-order valence-electron chi connectivity index (χ0n) is 27.0. The molecule has 230 valence electrons. The lowest BCUT2D eigenvalue weighted by Gasteiger charge is -2.45. The first-order chi connectivity index (χ1) is 23.6. The van der Waals surface area contributed by atoms with Crippen molar-refractivity contribution in [3.8, 4) is 33.8 Å². The molecular formula is C45H34N2O. The van der Waals surface area contributed by atoms with Gasteiger partial charge in [-0.1, -0.05) is 117 Å². The van der Waals surface area contributed by atoms with Gasteiger partial charge in [-0.3, -0.25) is 0 Å². The maximum Gasteiger partial charge on any atom is 0.152 e. The zero-order valence-corrected chi connectivity index (χ0v) is 27.0. The molecule has 3 heteroatoms. The van der Waals surface area contributed by atoms with Gasteiger partial charge < -0.3 is 14.5 Å². The average Bonchev–Trinajstić information content (AvgIpc) is 3.14. The van der Waals surface area contributed by atoms with Crippen LogP contribution in [0.5, 0.6) is 11.5 Å². The van der Waals surface area contributed by atoms with Gasteiger partial charge in [0.2, 0.25) is 0 Å². The molecule has 0 bridgehead atoms. The predicted octanol–water partition coefficient (Wildman–Crippen LogP) is 12.7. The number of nitrogens with zero attached hydrogens (tertiary/aromatic N) is 2. The molecule has 0 fully saturated rings. The van der Waals surface area contributed by atoms with Crippen molar-refractivity contribution in [1.82, 2.24) is 0 Å². The number of anilines is 6. The molecule has 3 nitrogen and oxygen atoms in total. The number of hydrogen-bond acceptors (Lipinski definition) is 3. The van der Waals surface area contributed by atoms with Crippen LogP contribution in [0.1, 0.15) is 25.0 Å². The summed E-state index contributed by atoms with van der Waals surface area (Å²) in [6.07, 6.45) is 0. The van der Waals surface area contributed by atoms with Gasteiger partial charge in [0.05, 0.1) is 17.1 Å². The Kier molecular flexibility index (Phi) is 6.48. The first kappa shape index (κ1) is 28.2. The average molecular weight is 619 g/mol. The molecule has 0 N–H and O–H groups in total. The largest absolute Gasteiger partial charge is 0.453 e. The van der Waals surface area contributed by atoms with Crippen LogP contribution >= 0.6 is 0 Å². The van der Waals surface area contributed by atoms with Gasteiger partial charge in [-0.25, -0.2) is 0 Å². The summed E-state index contributed by atoms with van der Waals surface area (Å²) in [5, 5.41) is 0. The van der Waals surface area contributed by atoms with Gasteiger partial charge in [-0.05, 0) is 100 Å². The summed E-state index contributed by atoms with van der Waals surface area (Å²) in [7, 11) is 0. The number of fused-ring (bicyclic) bond motifs is 4. The highest BCUT2D eigenvalue weighted by molar-refractivity contribution is 5.94. The van der Waals surface area contributed by atoms with E-state index in [2.05, 4.69) is 187 Å². The monoisotopic (exact) mass is 618 g/mol. The number of rotatable bonds is 5. The number of hydrogen-bond donors (Lipinski definition) is 0. The van der Waals surface area contributed by atoms with E-state index in [0.717, 1.165) is 51.1 Å². The second-order valence-corrected chi connectivity index (χ2v) is 13.0. The Hall–Kier alpha value is -6.06. The van der Waals surface area contributed by atoms with Gasteiger partial charge in [0.1, 0.15) is 0 Å².